The second-order valence-corrected chi connectivity index (χ2v) is 10.6. The molecule has 0 spiro atoms. The van der Waals surface area contributed by atoms with Crippen molar-refractivity contribution in [3.05, 3.63) is 91.6 Å². The molecular formula is C23H13Cl6FN2O2. The van der Waals surface area contributed by atoms with Gasteiger partial charge in [-0.15, -0.1) is 23.2 Å². The van der Waals surface area contributed by atoms with Crippen LogP contribution in [0.25, 0.3) is 0 Å². The van der Waals surface area contributed by atoms with Gasteiger partial charge in [-0.1, -0.05) is 52.5 Å². The van der Waals surface area contributed by atoms with Crippen LogP contribution in [-0.2, 0) is 4.79 Å². The molecule has 0 bridgehead atoms. The van der Waals surface area contributed by atoms with E-state index in [0.717, 1.165) is 0 Å². The first-order valence-corrected chi connectivity index (χ1v) is 12.0. The summed E-state index contributed by atoms with van der Waals surface area (Å²) in [5, 5.41) is 6.02. The molecule has 3 aromatic rings. The Kier molecular flexibility index (Phi) is 7.26. The summed E-state index contributed by atoms with van der Waals surface area (Å²) < 4.78 is 12.0. The molecule has 0 aromatic heterocycles. The van der Waals surface area contributed by atoms with Gasteiger partial charge in [0.1, 0.15) is 10.2 Å². The van der Waals surface area contributed by atoms with Gasteiger partial charge in [-0.3, -0.25) is 9.59 Å². The number of hydrogen-bond donors (Lipinski definition) is 2. The van der Waals surface area contributed by atoms with Gasteiger partial charge < -0.3 is 10.6 Å². The van der Waals surface area contributed by atoms with E-state index < -0.39 is 33.8 Å². The van der Waals surface area contributed by atoms with Crippen molar-refractivity contribution < 1.29 is 14.0 Å². The maximum atomic E-state index is 13.4. The van der Waals surface area contributed by atoms with E-state index in [9.17, 15) is 14.0 Å². The minimum absolute atomic E-state index is 0.0790. The summed E-state index contributed by atoms with van der Waals surface area (Å²) in [4.78, 5) is 25.6. The van der Waals surface area contributed by atoms with Gasteiger partial charge in [0, 0.05) is 17.3 Å². The molecule has 2 amide bonds. The lowest BCUT2D eigenvalue weighted by molar-refractivity contribution is -0.117. The highest BCUT2D eigenvalue weighted by Gasteiger charge is 2.67. The predicted molar refractivity (Wildman–Crippen MR) is 137 cm³/mol. The van der Waals surface area contributed by atoms with Crippen LogP contribution in [-0.4, -0.2) is 16.1 Å². The van der Waals surface area contributed by atoms with Crippen LogP contribution in [0.5, 0.6) is 0 Å². The number of nitrogens with one attached hydrogen (secondary N) is 2. The van der Waals surface area contributed by atoms with Gasteiger partial charge in [0.25, 0.3) is 5.91 Å². The second kappa shape index (κ2) is 9.73. The third-order valence-corrected chi connectivity index (χ3v) is 7.73. The number of halogens is 7. The largest absolute Gasteiger partial charge is 0.326 e. The molecule has 0 radical (unpaired) electrons. The molecule has 1 aliphatic rings. The lowest BCUT2D eigenvalue weighted by Gasteiger charge is -2.10. The molecule has 1 saturated carbocycles. The Morgan fingerprint density at radius 3 is 2.12 bits per heavy atom. The van der Waals surface area contributed by atoms with Gasteiger partial charge >= 0.3 is 0 Å². The van der Waals surface area contributed by atoms with E-state index in [-0.39, 0.29) is 31.3 Å². The fraction of sp³-hybridized carbons (Fsp3) is 0.130. The van der Waals surface area contributed by atoms with E-state index in [0.29, 0.717) is 11.3 Å². The zero-order chi connectivity index (χ0) is 24.8. The molecule has 1 fully saturated rings. The molecule has 0 unspecified atom stereocenters. The Labute approximate surface area is 224 Å². The van der Waals surface area contributed by atoms with Crippen LogP contribution in [0.3, 0.4) is 0 Å². The average molecular weight is 581 g/mol. The van der Waals surface area contributed by atoms with E-state index >= 15 is 0 Å². The third kappa shape index (κ3) is 5.11. The van der Waals surface area contributed by atoms with Gasteiger partial charge in [0.15, 0.2) is 0 Å². The topological polar surface area (TPSA) is 58.2 Å². The van der Waals surface area contributed by atoms with Crippen LogP contribution in [0.1, 0.15) is 21.8 Å². The highest BCUT2D eigenvalue weighted by Crippen LogP contribution is 2.65. The summed E-state index contributed by atoms with van der Waals surface area (Å²) in [6.07, 6.45) is 0. The summed E-state index contributed by atoms with van der Waals surface area (Å²) in [5.74, 6) is -2.95. The summed E-state index contributed by atoms with van der Waals surface area (Å²) >= 11 is 37.1. The average Bonchev–Trinajstić information content (AvgIpc) is 3.35. The third-order valence-electron chi connectivity index (χ3n) is 5.26. The first-order chi connectivity index (χ1) is 16.0. The normalized spacial score (nSPS) is 18.3. The molecule has 0 saturated heterocycles. The number of rotatable bonds is 5. The highest BCUT2D eigenvalue weighted by atomic mass is 35.5. The molecule has 11 heteroatoms. The van der Waals surface area contributed by atoms with E-state index in [2.05, 4.69) is 10.6 Å². The lowest BCUT2D eigenvalue weighted by atomic mass is 10.1. The van der Waals surface area contributed by atoms with Crippen molar-refractivity contribution in [1.82, 2.24) is 0 Å². The van der Waals surface area contributed by atoms with Crippen LogP contribution in [0.2, 0.25) is 20.1 Å². The van der Waals surface area contributed by atoms with Crippen LogP contribution >= 0.6 is 69.6 Å². The molecule has 2 N–H and O–H groups in total. The van der Waals surface area contributed by atoms with Gasteiger partial charge in [0.05, 0.1) is 31.6 Å². The maximum Gasteiger partial charge on any atom is 0.257 e. The van der Waals surface area contributed by atoms with Gasteiger partial charge in [0.2, 0.25) is 5.91 Å². The summed E-state index contributed by atoms with van der Waals surface area (Å²) in [6.45, 7) is 0. The molecule has 4 rings (SSSR count). The first kappa shape index (κ1) is 25.4. The Morgan fingerprint density at radius 2 is 1.47 bits per heavy atom. The number of hydrogen-bond acceptors (Lipinski definition) is 2. The molecule has 0 heterocycles. The monoisotopic (exact) mass is 578 g/mol. The zero-order valence-corrected chi connectivity index (χ0v) is 21.3. The van der Waals surface area contributed by atoms with E-state index in [4.69, 9.17) is 69.6 Å². The SMILES string of the molecule is O=C(Nc1cccc(F)c1)c1cc(NC(=O)[C@H]2[C@H](c3cc(Cl)c(Cl)c(Cl)c3)C2(Cl)Cl)ccc1Cl. The van der Waals surface area contributed by atoms with Gasteiger partial charge in [-0.2, -0.15) is 0 Å². The molecule has 34 heavy (non-hydrogen) atoms. The Morgan fingerprint density at radius 1 is 0.824 bits per heavy atom. The molecular weight excluding hydrogens is 568 g/mol. The van der Waals surface area contributed by atoms with Gasteiger partial charge in [-0.25, -0.2) is 4.39 Å². The fourth-order valence-electron chi connectivity index (χ4n) is 3.58. The fourth-order valence-corrected chi connectivity index (χ4v) is 5.23. The standard InChI is InChI=1S/C23H13Cl6FN2O2/c24-15-5-4-13(9-14(15)21(33)31-12-3-1-2-11(30)8-12)32-22(34)19-18(23(19,28)29)10-6-16(25)20(27)17(26)7-10/h1-9,18-19H,(H,31,33)(H,32,34)/t18-,19+/m0/s1. The molecule has 2 atom stereocenters. The van der Waals surface area contributed by atoms with Crippen molar-refractivity contribution in [3.63, 3.8) is 0 Å². The lowest BCUT2D eigenvalue weighted by Crippen LogP contribution is -2.18. The summed E-state index contributed by atoms with van der Waals surface area (Å²) in [7, 11) is 0. The minimum atomic E-state index is -1.39. The van der Waals surface area contributed by atoms with Crippen LogP contribution in [0.4, 0.5) is 15.8 Å². The smallest absolute Gasteiger partial charge is 0.257 e. The van der Waals surface area contributed by atoms with Crippen LogP contribution in [0, 0.1) is 11.7 Å². The quantitative estimate of drug-likeness (QED) is 0.236. The first-order valence-electron chi connectivity index (χ1n) is 9.68. The minimum Gasteiger partial charge on any atom is -0.326 e. The number of amides is 2. The van der Waals surface area contributed by atoms with Crippen molar-refractivity contribution in [1.29, 1.82) is 0 Å². The highest BCUT2D eigenvalue weighted by molar-refractivity contribution is 6.54. The maximum absolute atomic E-state index is 13.4. The molecule has 3 aromatic carbocycles. The molecule has 176 valence electrons. The number of benzene rings is 3. The van der Waals surface area contributed by atoms with Crippen molar-refractivity contribution in [2.75, 3.05) is 10.6 Å². The van der Waals surface area contributed by atoms with Crippen LogP contribution < -0.4 is 10.6 Å². The Balaban J connectivity index is 1.52. The molecule has 1 aliphatic carbocycles. The summed E-state index contributed by atoms with van der Waals surface area (Å²) in [5.41, 5.74) is 1.19. The number of carbonyl (C=O) groups is 2. The number of anilines is 2. The van der Waals surface area contributed by atoms with E-state index in [1.54, 1.807) is 12.1 Å². The van der Waals surface area contributed by atoms with Crippen molar-refractivity contribution in [2.45, 2.75) is 10.3 Å². The summed E-state index contributed by atoms with van der Waals surface area (Å²) in [6, 6.07) is 12.9. The Hall–Kier alpha value is -1.73. The van der Waals surface area contributed by atoms with E-state index in [1.165, 1.54) is 42.5 Å². The predicted octanol–water partition coefficient (Wildman–Crippen LogP) is 8.22. The van der Waals surface area contributed by atoms with Crippen molar-refractivity contribution in [2.24, 2.45) is 5.92 Å². The second-order valence-electron chi connectivity index (χ2n) is 7.58. The van der Waals surface area contributed by atoms with Gasteiger partial charge in [-0.05, 0) is 54.1 Å². The van der Waals surface area contributed by atoms with Crippen molar-refractivity contribution in [3.8, 4) is 0 Å². The molecule has 4 nitrogen and oxygen atoms in total. The molecule has 0 aliphatic heterocycles. The zero-order valence-electron chi connectivity index (χ0n) is 16.8. The van der Waals surface area contributed by atoms with Crippen molar-refractivity contribution >= 4 is 92.8 Å². The van der Waals surface area contributed by atoms with Crippen LogP contribution in [0.15, 0.2) is 54.6 Å². The Bertz CT molecular complexity index is 1290. The number of carbonyl (C=O) groups excluding carboxylic acids is 2. The van der Waals surface area contributed by atoms with E-state index in [1.807, 2.05) is 0 Å². The number of alkyl halides is 2.